The van der Waals surface area contributed by atoms with Crippen LogP contribution in [0.2, 0.25) is 5.02 Å². The van der Waals surface area contributed by atoms with Crippen LogP contribution in [0.1, 0.15) is 14.5 Å². The topological polar surface area (TPSA) is 38.3 Å². The summed E-state index contributed by atoms with van der Waals surface area (Å²) in [4.78, 5) is 13.2. The summed E-state index contributed by atoms with van der Waals surface area (Å²) in [7, 11) is 1.37. The lowest BCUT2D eigenvalue weighted by Crippen LogP contribution is -2.02. The molecule has 0 aliphatic heterocycles. The number of hydrogen-bond acceptors (Lipinski definition) is 4. The minimum atomic E-state index is -0.345. The van der Waals surface area contributed by atoms with Gasteiger partial charge in [-0.05, 0) is 25.1 Å². The van der Waals surface area contributed by atoms with Crippen molar-refractivity contribution >= 4 is 40.3 Å². The molecule has 0 amide bonds. The molecular formula is C13H12ClNO2S. The fraction of sp³-hybridized carbons (Fsp3) is 0.154. The number of benzene rings is 1. The van der Waals surface area contributed by atoms with Crippen molar-refractivity contribution in [2.75, 3.05) is 12.4 Å². The summed E-state index contributed by atoms with van der Waals surface area (Å²) in [5, 5.41) is 3.76. The van der Waals surface area contributed by atoms with Crippen LogP contribution in [0.4, 0.5) is 11.4 Å². The van der Waals surface area contributed by atoms with Gasteiger partial charge in [-0.2, -0.15) is 0 Å². The van der Waals surface area contributed by atoms with Crippen molar-refractivity contribution in [3.8, 4) is 0 Å². The quantitative estimate of drug-likeness (QED) is 0.855. The van der Waals surface area contributed by atoms with E-state index in [0.29, 0.717) is 9.90 Å². The molecule has 0 saturated heterocycles. The number of aryl methyl sites for hydroxylation is 1. The Labute approximate surface area is 114 Å². The molecule has 0 radical (unpaired) electrons. The first-order valence-corrected chi connectivity index (χ1v) is 6.51. The van der Waals surface area contributed by atoms with Gasteiger partial charge in [0.05, 0.1) is 23.5 Å². The minimum Gasteiger partial charge on any atom is -0.465 e. The zero-order valence-electron chi connectivity index (χ0n) is 9.99. The number of methoxy groups -OCH3 is 1. The zero-order valence-corrected chi connectivity index (χ0v) is 11.6. The molecule has 0 spiro atoms. The van der Waals surface area contributed by atoms with Gasteiger partial charge < -0.3 is 10.1 Å². The maximum Gasteiger partial charge on any atom is 0.350 e. The highest BCUT2D eigenvalue weighted by Gasteiger charge is 2.16. The molecule has 0 unspecified atom stereocenters. The van der Waals surface area contributed by atoms with E-state index < -0.39 is 0 Å². The number of anilines is 2. The number of nitrogens with one attached hydrogen (secondary N) is 1. The maximum absolute atomic E-state index is 11.6. The van der Waals surface area contributed by atoms with Crippen molar-refractivity contribution in [1.82, 2.24) is 0 Å². The normalized spacial score (nSPS) is 10.2. The minimum absolute atomic E-state index is 0.345. The third kappa shape index (κ3) is 2.66. The van der Waals surface area contributed by atoms with Crippen LogP contribution in [0.25, 0.3) is 0 Å². The Morgan fingerprint density at radius 2 is 2.06 bits per heavy atom. The van der Waals surface area contributed by atoms with Crippen molar-refractivity contribution in [2.45, 2.75) is 6.92 Å². The first-order chi connectivity index (χ1) is 8.61. The van der Waals surface area contributed by atoms with Crippen molar-refractivity contribution < 1.29 is 9.53 Å². The number of hydrogen-bond donors (Lipinski definition) is 1. The zero-order chi connectivity index (χ0) is 13.1. The molecule has 0 atom stereocenters. The number of carbonyl (C=O) groups excluding carboxylic acids is 1. The van der Waals surface area contributed by atoms with Crippen molar-refractivity contribution in [3.05, 3.63) is 45.1 Å². The Morgan fingerprint density at radius 1 is 1.33 bits per heavy atom. The molecule has 94 valence electrons. The Morgan fingerprint density at radius 3 is 2.72 bits per heavy atom. The Kier molecular flexibility index (Phi) is 3.89. The third-order valence-corrected chi connectivity index (χ3v) is 3.73. The molecular weight excluding hydrogens is 270 g/mol. The van der Waals surface area contributed by atoms with Gasteiger partial charge in [0.2, 0.25) is 0 Å². The number of carbonyl (C=O) groups is 1. The van der Waals surface area contributed by atoms with E-state index in [4.69, 9.17) is 16.3 Å². The van der Waals surface area contributed by atoms with Gasteiger partial charge in [-0.1, -0.05) is 23.7 Å². The highest BCUT2D eigenvalue weighted by molar-refractivity contribution is 7.14. The van der Waals surface area contributed by atoms with E-state index in [2.05, 4.69) is 5.32 Å². The van der Waals surface area contributed by atoms with E-state index in [-0.39, 0.29) is 5.97 Å². The predicted octanol–water partition coefficient (Wildman–Crippen LogP) is 4.24. The molecule has 1 aromatic heterocycles. The standard InChI is InChI=1S/C13H12ClNO2S/c1-8-7-11(12(18-8)13(16)17-2)15-10-6-4-3-5-9(10)14/h3-7,15H,1-2H3. The largest absolute Gasteiger partial charge is 0.465 e. The van der Waals surface area contributed by atoms with Crippen LogP contribution in [0.3, 0.4) is 0 Å². The average Bonchev–Trinajstić information content (AvgIpc) is 2.72. The van der Waals surface area contributed by atoms with Gasteiger partial charge in [-0.25, -0.2) is 4.79 Å². The van der Waals surface area contributed by atoms with Gasteiger partial charge >= 0.3 is 5.97 Å². The number of rotatable bonds is 3. The van der Waals surface area contributed by atoms with E-state index in [1.54, 1.807) is 6.07 Å². The summed E-state index contributed by atoms with van der Waals surface area (Å²) in [5.74, 6) is -0.345. The molecule has 0 saturated carbocycles. The van der Waals surface area contributed by atoms with Crippen LogP contribution in [-0.2, 0) is 4.74 Å². The van der Waals surface area contributed by atoms with E-state index in [0.717, 1.165) is 16.3 Å². The van der Waals surface area contributed by atoms with Crippen molar-refractivity contribution in [1.29, 1.82) is 0 Å². The van der Waals surface area contributed by atoms with Gasteiger partial charge in [0.1, 0.15) is 4.88 Å². The number of halogens is 1. The van der Waals surface area contributed by atoms with Crippen LogP contribution < -0.4 is 5.32 Å². The molecule has 0 bridgehead atoms. The number of esters is 1. The Hall–Kier alpha value is -1.52. The lowest BCUT2D eigenvalue weighted by Gasteiger charge is -2.07. The van der Waals surface area contributed by atoms with Crippen LogP contribution in [0, 0.1) is 6.92 Å². The first-order valence-electron chi connectivity index (χ1n) is 5.32. The molecule has 1 aromatic carbocycles. The van der Waals surface area contributed by atoms with Crippen LogP contribution >= 0.6 is 22.9 Å². The summed E-state index contributed by atoms with van der Waals surface area (Å²) in [6.07, 6.45) is 0. The molecule has 18 heavy (non-hydrogen) atoms. The van der Waals surface area contributed by atoms with Gasteiger partial charge in [0.15, 0.2) is 0 Å². The molecule has 1 N–H and O–H groups in total. The summed E-state index contributed by atoms with van der Waals surface area (Å²) < 4.78 is 4.76. The molecule has 0 aliphatic carbocycles. The molecule has 5 heteroatoms. The summed E-state index contributed by atoms with van der Waals surface area (Å²) in [6, 6.07) is 9.29. The highest BCUT2D eigenvalue weighted by atomic mass is 35.5. The van der Waals surface area contributed by atoms with Crippen LogP contribution in [0.15, 0.2) is 30.3 Å². The second-order valence-corrected chi connectivity index (χ2v) is 5.36. The van der Waals surface area contributed by atoms with Crippen LogP contribution in [0.5, 0.6) is 0 Å². The van der Waals surface area contributed by atoms with Gasteiger partial charge in [0, 0.05) is 4.88 Å². The summed E-state index contributed by atoms with van der Waals surface area (Å²) >= 11 is 7.46. The van der Waals surface area contributed by atoms with Gasteiger partial charge in [-0.15, -0.1) is 11.3 Å². The number of thiophene rings is 1. The summed E-state index contributed by atoms with van der Waals surface area (Å²) in [6.45, 7) is 1.94. The SMILES string of the molecule is COC(=O)c1sc(C)cc1Nc1ccccc1Cl. The second-order valence-electron chi connectivity index (χ2n) is 3.70. The molecule has 1 heterocycles. The van der Waals surface area contributed by atoms with E-state index in [1.807, 2.05) is 31.2 Å². The molecule has 3 nitrogen and oxygen atoms in total. The Bertz CT molecular complexity index is 580. The third-order valence-electron chi connectivity index (χ3n) is 2.37. The van der Waals surface area contributed by atoms with E-state index in [9.17, 15) is 4.79 Å². The highest BCUT2D eigenvalue weighted by Crippen LogP contribution is 2.32. The van der Waals surface area contributed by atoms with E-state index >= 15 is 0 Å². The molecule has 0 fully saturated rings. The van der Waals surface area contributed by atoms with Crippen LogP contribution in [-0.4, -0.2) is 13.1 Å². The fourth-order valence-electron chi connectivity index (χ4n) is 1.56. The monoisotopic (exact) mass is 281 g/mol. The lowest BCUT2D eigenvalue weighted by molar-refractivity contribution is 0.0607. The van der Waals surface area contributed by atoms with Gasteiger partial charge in [-0.3, -0.25) is 0 Å². The summed E-state index contributed by atoms with van der Waals surface area (Å²) in [5.41, 5.74) is 1.49. The van der Waals surface area contributed by atoms with E-state index in [1.165, 1.54) is 18.4 Å². The molecule has 2 aromatic rings. The smallest absolute Gasteiger partial charge is 0.350 e. The number of para-hydroxylation sites is 1. The molecule has 2 rings (SSSR count). The Balaban J connectivity index is 2.35. The fourth-order valence-corrected chi connectivity index (χ4v) is 2.63. The second kappa shape index (κ2) is 5.42. The number of ether oxygens (including phenoxy) is 1. The maximum atomic E-state index is 11.6. The first kappa shape index (κ1) is 12.9. The van der Waals surface area contributed by atoms with Crippen molar-refractivity contribution in [2.24, 2.45) is 0 Å². The predicted molar refractivity (Wildman–Crippen MR) is 75.1 cm³/mol. The molecule has 0 aliphatic rings. The van der Waals surface area contributed by atoms with Gasteiger partial charge in [0.25, 0.3) is 0 Å². The lowest BCUT2D eigenvalue weighted by atomic mass is 10.3. The average molecular weight is 282 g/mol. The van der Waals surface area contributed by atoms with Crippen molar-refractivity contribution in [3.63, 3.8) is 0 Å².